The number of hydrogen-bond donors (Lipinski definition) is 2. The van der Waals surface area contributed by atoms with E-state index in [1.807, 2.05) is 0 Å². The molecule has 0 spiro atoms. The molecule has 2 N–H and O–H groups in total. The number of carbonyl (C=O) groups is 1. The predicted octanol–water partition coefficient (Wildman–Crippen LogP) is 0.994. The maximum absolute atomic E-state index is 11.5. The summed E-state index contributed by atoms with van der Waals surface area (Å²) in [5.74, 6) is -0.475. The molecule has 0 atom stereocenters. The zero-order valence-electron chi connectivity index (χ0n) is 8.76. The zero-order chi connectivity index (χ0) is 12.6. The minimum atomic E-state index is -0.491. The highest BCUT2D eigenvalue weighted by Crippen LogP contribution is 2.28. The van der Waals surface area contributed by atoms with Crippen molar-refractivity contribution >= 4 is 34.3 Å². The molecule has 1 fully saturated rings. The molecule has 8 heteroatoms. The Labute approximate surface area is 100 Å². The van der Waals surface area contributed by atoms with Gasteiger partial charge in [0.15, 0.2) is 0 Å². The number of carbonyl (C=O) groups excluding carboxylic acids is 1. The van der Waals surface area contributed by atoms with Crippen molar-refractivity contribution in [2.45, 2.75) is 0 Å². The quantitative estimate of drug-likeness (QED) is 0.465. The van der Waals surface area contributed by atoms with Gasteiger partial charge in [0.1, 0.15) is 5.70 Å². The van der Waals surface area contributed by atoms with Crippen LogP contribution in [0.4, 0.5) is 5.00 Å². The average molecular weight is 252 g/mol. The smallest absolute Gasteiger partial charge is 0.311 e. The first-order chi connectivity index (χ1) is 8.00. The largest absolute Gasteiger partial charge is 0.331 e. The molecule has 0 aliphatic carbocycles. The normalized spacial score (nSPS) is 17.7. The second-order valence-electron chi connectivity index (χ2n) is 3.33. The topological polar surface area (TPSA) is 99.3 Å². The number of hydrogen-bond acceptors (Lipinski definition) is 5. The Morgan fingerprint density at radius 2 is 2.35 bits per heavy atom. The van der Waals surface area contributed by atoms with E-state index in [9.17, 15) is 14.9 Å². The van der Waals surface area contributed by atoms with Crippen LogP contribution in [-0.2, 0) is 4.79 Å². The van der Waals surface area contributed by atoms with Gasteiger partial charge >= 0.3 is 5.00 Å². The number of rotatable bonds is 2. The molecule has 2 heterocycles. The third kappa shape index (κ3) is 1.89. The van der Waals surface area contributed by atoms with Crippen LogP contribution < -0.4 is 5.32 Å². The van der Waals surface area contributed by atoms with E-state index >= 15 is 0 Å². The first-order valence-electron chi connectivity index (χ1n) is 4.58. The first kappa shape index (κ1) is 11.3. The van der Waals surface area contributed by atoms with Crippen molar-refractivity contribution < 1.29 is 9.72 Å². The number of guanidine groups is 1. The molecule has 0 radical (unpaired) electrons. The minimum absolute atomic E-state index is 0.0165. The third-order valence-electron chi connectivity index (χ3n) is 2.29. The summed E-state index contributed by atoms with van der Waals surface area (Å²) in [5.41, 5.74) is 0.586. The summed E-state index contributed by atoms with van der Waals surface area (Å²) in [6, 6.07) is 1.57. The number of likely N-dealkylation sites (N-methyl/N-ethyl adjacent to an activating group) is 1. The molecule has 88 valence electrons. The van der Waals surface area contributed by atoms with Crippen molar-refractivity contribution in [2.75, 3.05) is 7.05 Å². The van der Waals surface area contributed by atoms with E-state index in [1.54, 1.807) is 18.5 Å². The van der Waals surface area contributed by atoms with Crippen molar-refractivity contribution in [3.05, 3.63) is 32.8 Å². The molecular formula is C9H8N4O3S. The fraction of sp³-hybridized carbons (Fsp3) is 0.111. The van der Waals surface area contributed by atoms with Gasteiger partial charge in [0.25, 0.3) is 5.91 Å². The van der Waals surface area contributed by atoms with Gasteiger partial charge < -0.3 is 4.90 Å². The molecule has 0 bridgehead atoms. The molecule has 1 aromatic rings. The highest BCUT2D eigenvalue weighted by Gasteiger charge is 2.28. The summed E-state index contributed by atoms with van der Waals surface area (Å²) in [6.07, 6.45) is 1.41. The van der Waals surface area contributed by atoms with Gasteiger partial charge in [-0.25, -0.2) is 0 Å². The molecule has 1 aliphatic heterocycles. The lowest BCUT2D eigenvalue weighted by atomic mass is 10.2. The number of nitro groups is 1. The van der Waals surface area contributed by atoms with E-state index in [2.05, 4.69) is 5.32 Å². The standard InChI is InChI=1S/C9H8N4O3S/c1-12-6(7(14)11-9(12)10)4-5-2-3-17-8(5)13(15)16/h2-4H,1H3,(H2,10,11,14)/b6-4+. The van der Waals surface area contributed by atoms with E-state index < -0.39 is 10.8 Å². The molecule has 1 amide bonds. The lowest BCUT2D eigenvalue weighted by Gasteiger charge is -2.08. The van der Waals surface area contributed by atoms with Gasteiger partial charge in [-0.15, -0.1) is 0 Å². The lowest BCUT2D eigenvalue weighted by Crippen LogP contribution is -2.25. The van der Waals surface area contributed by atoms with E-state index in [0.29, 0.717) is 5.56 Å². The van der Waals surface area contributed by atoms with Crippen LogP contribution in [0.15, 0.2) is 17.1 Å². The van der Waals surface area contributed by atoms with Gasteiger partial charge in [-0.1, -0.05) is 11.3 Å². The van der Waals surface area contributed by atoms with Crippen molar-refractivity contribution in [1.29, 1.82) is 5.41 Å². The van der Waals surface area contributed by atoms with Gasteiger partial charge in [0, 0.05) is 7.05 Å². The van der Waals surface area contributed by atoms with Crippen LogP contribution in [0.25, 0.3) is 6.08 Å². The molecule has 1 saturated heterocycles. The zero-order valence-corrected chi connectivity index (χ0v) is 9.58. The van der Waals surface area contributed by atoms with Crippen LogP contribution in [0.1, 0.15) is 5.56 Å². The van der Waals surface area contributed by atoms with Gasteiger partial charge in [-0.3, -0.25) is 25.6 Å². The highest BCUT2D eigenvalue weighted by atomic mass is 32.1. The van der Waals surface area contributed by atoms with Crippen molar-refractivity contribution in [3.8, 4) is 0 Å². The Balaban J connectivity index is 2.43. The minimum Gasteiger partial charge on any atom is -0.311 e. The fourth-order valence-electron chi connectivity index (χ4n) is 1.41. The third-order valence-corrected chi connectivity index (χ3v) is 3.17. The van der Waals surface area contributed by atoms with Crippen LogP contribution in [0, 0.1) is 15.5 Å². The summed E-state index contributed by atoms with van der Waals surface area (Å²) in [6.45, 7) is 0. The Bertz CT molecular complexity index is 548. The Kier molecular flexibility index (Phi) is 2.64. The highest BCUT2D eigenvalue weighted by molar-refractivity contribution is 7.13. The molecule has 0 unspecified atom stereocenters. The number of amides is 1. The van der Waals surface area contributed by atoms with Gasteiger partial charge in [-0.2, -0.15) is 0 Å². The summed E-state index contributed by atoms with van der Waals surface area (Å²) in [4.78, 5) is 23.0. The summed E-state index contributed by atoms with van der Waals surface area (Å²) in [5, 5.41) is 22.0. The van der Waals surface area contributed by atoms with Gasteiger partial charge in [0.2, 0.25) is 5.96 Å². The summed E-state index contributed by atoms with van der Waals surface area (Å²) in [7, 11) is 1.55. The van der Waals surface area contributed by atoms with E-state index in [4.69, 9.17) is 5.41 Å². The Hall–Kier alpha value is -2.22. The molecular weight excluding hydrogens is 244 g/mol. The van der Waals surface area contributed by atoms with Crippen LogP contribution >= 0.6 is 11.3 Å². The fourth-order valence-corrected chi connectivity index (χ4v) is 2.10. The number of nitrogens with zero attached hydrogens (tertiary/aromatic N) is 2. The van der Waals surface area contributed by atoms with Crippen LogP contribution in [0.5, 0.6) is 0 Å². The molecule has 7 nitrogen and oxygen atoms in total. The van der Waals surface area contributed by atoms with Crippen molar-refractivity contribution in [2.24, 2.45) is 0 Å². The number of thiophene rings is 1. The van der Waals surface area contributed by atoms with Crippen LogP contribution in [0.3, 0.4) is 0 Å². The number of nitrogens with one attached hydrogen (secondary N) is 2. The van der Waals surface area contributed by atoms with E-state index in [0.717, 1.165) is 11.3 Å². The summed E-state index contributed by atoms with van der Waals surface area (Å²) < 4.78 is 0. The van der Waals surface area contributed by atoms with Gasteiger partial charge in [0.05, 0.1) is 10.5 Å². The van der Waals surface area contributed by atoms with Crippen molar-refractivity contribution in [3.63, 3.8) is 0 Å². The predicted molar refractivity (Wildman–Crippen MR) is 62.6 cm³/mol. The van der Waals surface area contributed by atoms with Crippen molar-refractivity contribution in [1.82, 2.24) is 10.2 Å². The average Bonchev–Trinajstić information content (AvgIpc) is 2.80. The first-order valence-corrected chi connectivity index (χ1v) is 5.46. The lowest BCUT2D eigenvalue weighted by molar-refractivity contribution is -0.380. The van der Waals surface area contributed by atoms with Crippen LogP contribution in [-0.4, -0.2) is 28.7 Å². The molecule has 17 heavy (non-hydrogen) atoms. The monoisotopic (exact) mass is 252 g/mol. The van der Waals surface area contributed by atoms with Crippen LogP contribution in [0.2, 0.25) is 0 Å². The molecule has 0 saturated carbocycles. The second-order valence-corrected chi connectivity index (χ2v) is 4.22. The van der Waals surface area contributed by atoms with E-state index in [1.165, 1.54) is 11.0 Å². The second kappa shape index (κ2) is 3.98. The van der Waals surface area contributed by atoms with E-state index in [-0.39, 0.29) is 16.7 Å². The molecule has 1 aromatic heterocycles. The molecule has 0 aromatic carbocycles. The van der Waals surface area contributed by atoms with Gasteiger partial charge in [-0.05, 0) is 17.5 Å². The molecule has 2 rings (SSSR count). The Morgan fingerprint density at radius 1 is 1.65 bits per heavy atom. The Morgan fingerprint density at radius 3 is 2.88 bits per heavy atom. The SMILES string of the molecule is CN1C(=N)NC(=O)/C1=C\c1ccsc1[N+](=O)[O-]. The molecule has 1 aliphatic rings. The maximum Gasteiger partial charge on any atom is 0.331 e. The maximum atomic E-state index is 11.5. The summed E-state index contributed by atoms with van der Waals surface area (Å²) >= 11 is 0.997.